The lowest BCUT2D eigenvalue weighted by Crippen LogP contribution is -2.25. The zero-order valence-electron chi connectivity index (χ0n) is 19.9. The Morgan fingerprint density at radius 2 is 1.77 bits per heavy atom. The summed E-state index contributed by atoms with van der Waals surface area (Å²) in [4.78, 5) is 24.4. The number of ether oxygens (including phenoxy) is 1. The molecule has 0 aliphatic heterocycles. The van der Waals surface area contributed by atoms with Crippen LogP contribution in [0.2, 0.25) is 0 Å². The monoisotopic (exact) mass is 471 g/mol. The molecule has 180 valence electrons. The van der Waals surface area contributed by atoms with Gasteiger partial charge in [0.1, 0.15) is 6.10 Å². The maximum Gasteiger partial charge on any atom is 0.316 e. The van der Waals surface area contributed by atoms with Crippen LogP contribution in [0.3, 0.4) is 0 Å². The van der Waals surface area contributed by atoms with E-state index in [1.165, 1.54) is 5.56 Å². The zero-order chi connectivity index (χ0) is 24.4. The summed E-state index contributed by atoms with van der Waals surface area (Å²) in [6.45, 7) is 2.08. The van der Waals surface area contributed by atoms with E-state index in [0.29, 0.717) is 6.01 Å². The lowest BCUT2D eigenvalue weighted by Gasteiger charge is -2.27. The van der Waals surface area contributed by atoms with Crippen molar-refractivity contribution in [1.29, 1.82) is 0 Å². The molecule has 2 heterocycles. The van der Waals surface area contributed by atoms with Crippen molar-refractivity contribution in [3.63, 3.8) is 0 Å². The van der Waals surface area contributed by atoms with Crippen LogP contribution in [-0.2, 0) is 11.8 Å². The predicted octanol–water partition coefficient (Wildman–Crippen LogP) is 5.49. The number of carboxylic acids is 1. The summed E-state index contributed by atoms with van der Waals surface area (Å²) in [5, 5.41) is 12.4. The molecule has 8 heteroatoms. The highest BCUT2D eigenvalue weighted by atomic mass is 16.5. The fraction of sp³-hybridized carbons (Fsp3) is 0.333. The fourth-order valence-electron chi connectivity index (χ4n) is 4.66. The van der Waals surface area contributed by atoms with E-state index in [1.807, 2.05) is 37.4 Å². The first-order chi connectivity index (χ1) is 16.9. The molecule has 1 aliphatic carbocycles. The molecule has 0 atom stereocenters. The Kier molecular flexibility index (Phi) is 6.35. The Hall–Kier alpha value is -3.94. The second-order valence-electron chi connectivity index (χ2n) is 9.30. The number of fused-ring (bicyclic) bond motifs is 1. The summed E-state index contributed by atoms with van der Waals surface area (Å²) >= 11 is 0. The van der Waals surface area contributed by atoms with E-state index in [0.717, 1.165) is 59.5 Å². The van der Waals surface area contributed by atoms with Crippen LogP contribution in [0, 0.1) is 12.8 Å². The van der Waals surface area contributed by atoms with E-state index < -0.39 is 5.97 Å². The van der Waals surface area contributed by atoms with E-state index in [9.17, 15) is 4.79 Å². The van der Waals surface area contributed by atoms with Crippen molar-refractivity contribution >= 4 is 28.6 Å². The largest absolute Gasteiger partial charge is 0.481 e. The lowest BCUT2D eigenvalue weighted by atomic mass is 9.85. The summed E-state index contributed by atoms with van der Waals surface area (Å²) in [6, 6.07) is 14.7. The number of nitrogens with zero attached hydrogens (tertiary/aromatic N) is 4. The zero-order valence-corrected chi connectivity index (χ0v) is 19.9. The number of benzene rings is 2. The van der Waals surface area contributed by atoms with Crippen LogP contribution in [-0.4, -0.2) is 36.7 Å². The number of carbonyl (C=O) groups is 1. The number of imidazole rings is 1. The van der Waals surface area contributed by atoms with E-state index in [-0.39, 0.29) is 18.4 Å². The Labute approximate surface area is 204 Å². The van der Waals surface area contributed by atoms with Crippen LogP contribution in [0.1, 0.15) is 37.7 Å². The topological polar surface area (TPSA) is 102 Å². The molecule has 0 unspecified atom stereocenters. The molecule has 0 radical (unpaired) electrons. The van der Waals surface area contributed by atoms with Crippen LogP contribution in [0.5, 0.6) is 6.01 Å². The van der Waals surface area contributed by atoms with Crippen LogP contribution >= 0.6 is 0 Å². The Morgan fingerprint density at radius 1 is 1.06 bits per heavy atom. The molecular formula is C27H29N5O3. The third kappa shape index (κ3) is 5.26. The molecule has 0 amide bonds. The number of aliphatic carboxylic acids is 1. The Morgan fingerprint density at radius 3 is 2.46 bits per heavy atom. The second-order valence-corrected chi connectivity index (χ2v) is 9.30. The van der Waals surface area contributed by atoms with E-state index in [2.05, 4.69) is 38.9 Å². The number of aromatic nitrogens is 4. The highest BCUT2D eigenvalue weighted by molar-refractivity contribution is 5.80. The van der Waals surface area contributed by atoms with Gasteiger partial charge in [0.25, 0.3) is 0 Å². The van der Waals surface area contributed by atoms with Crippen molar-refractivity contribution in [3.05, 3.63) is 60.4 Å². The minimum atomic E-state index is -0.725. The van der Waals surface area contributed by atoms with Crippen LogP contribution in [0.15, 0.2) is 54.9 Å². The molecule has 0 bridgehead atoms. The number of anilines is 2. The van der Waals surface area contributed by atoms with Crippen molar-refractivity contribution in [2.24, 2.45) is 13.0 Å². The molecule has 0 spiro atoms. The van der Waals surface area contributed by atoms with Crippen molar-refractivity contribution in [2.75, 3.05) is 5.32 Å². The molecule has 4 aromatic rings. The molecule has 2 N–H and O–H groups in total. The first-order valence-electron chi connectivity index (χ1n) is 12.0. The average Bonchev–Trinajstić information content (AvgIpc) is 3.15. The van der Waals surface area contributed by atoms with Gasteiger partial charge in [0.2, 0.25) is 5.95 Å². The molecule has 35 heavy (non-hydrogen) atoms. The third-order valence-electron chi connectivity index (χ3n) is 6.67. The first kappa shape index (κ1) is 22.8. The molecular weight excluding hydrogens is 442 g/mol. The summed E-state index contributed by atoms with van der Waals surface area (Å²) in [6.07, 6.45) is 7.23. The normalized spacial score (nSPS) is 17.9. The number of carboxylic acid groups (broad SMARTS) is 1. The third-order valence-corrected chi connectivity index (χ3v) is 6.67. The first-order valence-corrected chi connectivity index (χ1v) is 12.0. The van der Waals surface area contributed by atoms with Crippen molar-refractivity contribution in [1.82, 2.24) is 19.5 Å². The van der Waals surface area contributed by atoms with E-state index in [4.69, 9.17) is 14.8 Å². The molecule has 0 saturated heterocycles. The van der Waals surface area contributed by atoms with Crippen LogP contribution in [0.4, 0.5) is 11.6 Å². The van der Waals surface area contributed by atoms with E-state index >= 15 is 0 Å². The number of aryl methyl sites for hydroxylation is 2. The van der Waals surface area contributed by atoms with Gasteiger partial charge in [-0.3, -0.25) is 4.79 Å². The van der Waals surface area contributed by atoms with Crippen molar-refractivity contribution in [3.8, 4) is 17.1 Å². The van der Waals surface area contributed by atoms with Crippen molar-refractivity contribution < 1.29 is 14.6 Å². The maximum absolute atomic E-state index is 10.9. The van der Waals surface area contributed by atoms with Crippen molar-refractivity contribution in [2.45, 2.75) is 45.1 Å². The molecule has 5 rings (SSSR count). The summed E-state index contributed by atoms with van der Waals surface area (Å²) in [7, 11) is 2.01. The lowest BCUT2D eigenvalue weighted by molar-refractivity contribution is -0.138. The minimum absolute atomic E-state index is 0.0444. The number of rotatable bonds is 7. The number of hydrogen-bond acceptors (Lipinski definition) is 6. The van der Waals surface area contributed by atoms with Gasteiger partial charge in [-0.2, -0.15) is 0 Å². The van der Waals surface area contributed by atoms with Gasteiger partial charge in [-0.25, -0.2) is 15.0 Å². The summed E-state index contributed by atoms with van der Waals surface area (Å²) in [5.74, 6) is 0.311. The predicted molar refractivity (Wildman–Crippen MR) is 135 cm³/mol. The molecule has 1 fully saturated rings. The van der Waals surface area contributed by atoms with Gasteiger partial charge in [-0.05, 0) is 73.9 Å². The standard InChI is InChI=1S/C27H29N5O3/c1-17-3-12-23-24(13-17)32(2)26(31-23)30-21-8-6-19(7-9-21)20-15-28-27(29-16-20)35-22-10-4-18(5-11-22)14-25(33)34/h3,6-9,12-13,15-16,18,22H,4-5,10-11,14H2,1-2H3,(H,30,31)(H,33,34). The number of nitrogens with one attached hydrogen (secondary N) is 1. The SMILES string of the molecule is Cc1ccc2nc(Nc3ccc(-c4cnc(OC5CCC(CC(=O)O)CC5)nc4)cc3)n(C)c2c1. The molecule has 2 aromatic heterocycles. The van der Waals surface area contributed by atoms with Crippen LogP contribution < -0.4 is 10.1 Å². The van der Waals surface area contributed by atoms with Crippen LogP contribution in [0.25, 0.3) is 22.2 Å². The van der Waals surface area contributed by atoms with Gasteiger partial charge in [0, 0.05) is 37.1 Å². The Balaban J connectivity index is 1.20. The minimum Gasteiger partial charge on any atom is -0.481 e. The van der Waals surface area contributed by atoms with Gasteiger partial charge < -0.3 is 19.7 Å². The molecule has 2 aromatic carbocycles. The van der Waals surface area contributed by atoms with Gasteiger partial charge >= 0.3 is 12.0 Å². The smallest absolute Gasteiger partial charge is 0.316 e. The summed E-state index contributed by atoms with van der Waals surface area (Å²) in [5.41, 5.74) is 6.13. The van der Waals surface area contributed by atoms with Gasteiger partial charge in [-0.1, -0.05) is 18.2 Å². The summed E-state index contributed by atoms with van der Waals surface area (Å²) < 4.78 is 8.00. The maximum atomic E-state index is 10.9. The highest BCUT2D eigenvalue weighted by Gasteiger charge is 2.24. The quantitative estimate of drug-likeness (QED) is 0.367. The van der Waals surface area contributed by atoms with Gasteiger partial charge in [-0.15, -0.1) is 0 Å². The second kappa shape index (κ2) is 9.74. The molecule has 1 aliphatic rings. The van der Waals surface area contributed by atoms with E-state index in [1.54, 1.807) is 12.4 Å². The number of hydrogen-bond donors (Lipinski definition) is 2. The average molecular weight is 472 g/mol. The fourth-order valence-corrected chi connectivity index (χ4v) is 4.66. The molecule has 1 saturated carbocycles. The van der Waals surface area contributed by atoms with Gasteiger partial charge in [0.15, 0.2) is 0 Å². The highest BCUT2D eigenvalue weighted by Crippen LogP contribution is 2.29. The van der Waals surface area contributed by atoms with Gasteiger partial charge in [0.05, 0.1) is 11.0 Å². The Bertz CT molecular complexity index is 1320. The molecule has 8 nitrogen and oxygen atoms in total.